The van der Waals surface area contributed by atoms with E-state index < -0.39 is 0 Å². The number of hydrogen-bond donors (Lipinski definition) is 0. The van der Waals surface area contributed by atoms with E-state index in [1.54, 1.807) is 0 Å². The van der Waals surface area contributed by atoms with E-state index in [4.69, 9.17) is 11.6 Å². The average molecular weight is 203 g/mol. The highest BCUT2D eigenvalue weighted by molar-refractivity contribution is 6.17. The van der Waals surface area contributed by atoms with E-state index in [9.17, 15) is 0 Å². The van der Waals surface area contributed by atoms with Crippen LogP contribution in [0.25, 0.3) is 16.8 Å². The van der Waals surface area contributed by atoms with Crippen molar-refractivity contribution in [3.05, 3.63) is 54.1 Å². The predicted octanol–water partition coefficient (Wildman–Crippen LogP) is 4.22. The van der Waals surface area contributed by atoms with Gasteiger partial charge in [0.15, 0.2) is 0 Å². The highest BCUT2D eigenvalue weighted by Gasteiger charge is 1.96. The monoisotopic (exact) mass is 202 g/mol. The number of alkyl halides is 1. The van der Waals surface area contributed by atoms with Crippen molar-refractivity contribution in [1.29, 1.82) is 0 Å². The SMILES string of the molecule is C=Cc1ccc2ccc(CCl)cc2c1. The van der Waals surface area contributed by atoms with Crippen LogP contribution in [0, 0.1) is 0 Å². The van der Waals surface area contributed by atoms with Gasteiger partial charge in [-0.25, -0.2) is 0 Å². The first-order chi connectivity index (χ1) is 6.83. The standard InChI is InChI=1S/C13H11Cl/c1-2-10-3-5-12-6-4-11(9-14)8-13(12)7-10/h2-8H,1,9H2. The van der Waals surface area contributed by atoms with Gasteiger partial charge in [-0.2, -0.15) is 0 Å². The first kappa shape index (κ1) is 9.29. The van der Waals surface area contributed by atoms with Gasteiger partial charge in [-0.1, -0.05) is 36.9 Å². The Hall–Kier alpha value is -1.27. The fourth-order valence-electron chi connectivity index (χ4n) is 1.52. The zero-order valence-electron chi connectivity index (χ0n) is 7.83. The highest BCUT2D eigenvalue weighted by Crippen LogP contribution is 2.19. The van der Waals surface area contributed by atoms with Gasteiger partial charge in [0, 0.05) is 5.88 Å². The second-order valence-corrected chi connectivity index (χ2v) is 3.55. The molecule has 0 fully saturated rings. The number of rotatable bonds is 2. The minimum Gasteiger partial charge on any atom is -0.122 e. The predicted molar refractivity (Wildman–Crippen MR) is 63.6 cm³/mol. The number of hydrogen-bond acceptors (Lipinski definition) is 0. The van der Waals surface area contributed by atoms with Gasteiger partial charge in [-0.3, -0.25) is 0 Å². The molecule has 0 nitrogen and oxygen atoms in total. The van der Waals surface area contributed by atoms with Gasteiger partial charge in [-0.05, 0) is 34.0 Å². The van der Waals surface area contributed by atoms with E-state index in [-0.39, 0.29) is 0 Å². The van der Waals surface area contributed by atoms with Gasteiger partial charge < -0.3 is 0 Å². The Morgan fingerprint density at radius 3 is 2.57 bits per heavy atom. The minimum absolute atomic E-state index is 0.564. The molecule has 70 valence electrons. The van der Waals surface area contributed by atoms with Crippen LogP contribution in [0.15, 0.2) is 43.0 Å². The van der Waals surface area contributed by atoms with Gasteiger partial charge in [0.05, 0.1) is 0 Å². The fourth-order valence-corrected chi connectivity index (χ4v) is 1.69. The lowest BCUT2D eigenvalue weighted by Gasteiger charge is -2.01. The van der Waals surface area contributed by atoms with Gasteiger partial charge >= 0.3 is 0 Å². The maximum atomic E-state index is 5.78. The summed E-state index contributed by atoms with van der Waals surface area (Å²) >= 11 is 5.78. The molecule has 2 aromatic carbocycles. The smallest absolute Gasteiger partial charge is 0.0474 e. The fraction of sp³-hybridized carbons (Fsp3) is 0.0769. The van der Waals surface area contributed by atoms with E-state index in [0.29, 0.717) is 5.88 Å². The van der Waals surface area contributed by atoms with Crippen LogP contribution in [0.5, 0.6) is 0 Å². The second-order valence-electron chi connectivity index (χ2n) is 3.28. The molecule has 2 aromatic rings. The van der Waals surface area contributed by atoms with Crippen LogP contribution in [0.2, 0.25) is 0 Å². The third-order valence-corrected chi connectivity index (χ3v) is 2.63. The van der Waals surface area contributed by atoms with E-state index in [1.807, 2.05) is 6.08 Å². The van der Waals surface area contributed by atoms with Crippen LogP contribution in [0.3, 0.4) is 0 Å². The lowest BCUT2D eigenvalue weighted by atomic mass is 10.0. The molecule has 0 aliphatic carbocycles. The summed E-state index contributed by atoms with van der Waals surface area (Å²) in [6.45, 7) is 3.75. The first-order valence-electron chi connectivity index (χ1n) is 4.54. The number of benzene rings is 2. The maximum absolute atomic E-state index is 5.78. The quantitative estimate of drug-likeness (QED) is 0.640. The molecule has 0 radical (unpaired) electrons. The molecule has 0 unspecified atom stereocenters. The Morgan fingerprint density at radius 2 is 1.86 bits per heavy atom. The van der Waals surface area contributed by atoms with Crippen LogP contribution < -0.4 is 0 Å². The molecular formula is C13H11Cl. The van der Waals surface area contributed by atoms with E-state index in [2.05, 4.69) is 43.0 Å². The van der Waals surface area contributed by atoms with Crippen LogP contribution in [0.4, 0.5) is 0 Å². The zero-order valence-corrected chi connectivity index (χ0v) is 8.59. The van der Waals surface area contributed by atoms with Gasteiger partial charge in [-0.15, -0.1) is 11.6 Å². The van der Waals surface area contributed by atoms with Gasteiger partial charge in [0.2, 0.25) is 0 Å². The van der Waals surface area contributed by atoms with Crippen LogP contribution in [-0.4, -0.2) is 0 Å². The number of halogens is 1. The zero-order chi connectivity index (χ0) is 9.97. The van der Waals surface area contributed by atoms with Crippen molar-refractivity contribution < 1.29 is 0 Å². The molecule has 0 heterocycles. The summed E-state index contributed by atoms with van der Waals surface area (Å²) in [6.07, 6.45) is 1.85. The third-order valence-electron chi connectivity index (χ3n) is 2.32. The summed E-state index contributed by atoms with van der Waals surface area (Å²) in [4.78, 5) is 0. The van der Waals surface area contributed by atoms with Crippen molar-refractivity contribution in [1.82, 2.24) is 0 Å². The Kier molecular flexibility index (Phi) is 2.55. The van der Waals surface area contributed by atoms with Crippen molar-refractivity contribution in [2.75, 3.05) is 0 Å². The summed E-state index contributed by atoms with van der Waals surface area (Å²) < 4.78 is 0. The van der Waals surface area contributed by atoms with Crippen LogP contribution >= 0.6 is 11.6 Å². The third kappa shape index (κ3) is 1.66. The topological polar surface area (TPSA) is 0 Å². The van der Waals surface area contributed by atoms with Gasteiger partial charge in [0.25, 0.3) is 0 Å². The van der Waals surface area contributed by atoms with Crippen molar-refractivity contribution in [3.63, 3.8) is 0 Å². The molecule has 0 saturated heterocycles. The van der Waals surface area contributed by atoms with Crippen molar-refractivity contribution in [2.24, 2.45) is 0 Å². The van der Waals surface area contributed by atoms with Gasteiger partial charge in [0.1, 0.15) is 0 Å². The van der Waals surface area contributed by atoms with E-state index >= 15 is 0 Å². The molecule has 14 heavy (non-hydrogen) atoms. The lowest BCUT2D eigenvalue weighted by molar-refractivity contribution is 1.43. The molecule has 0 N–H and O–H groups in total. The molecule has 0 atom stereocenters. The molecular weight excluding hydrogens is 192 g/mol. The minimum atomic E-state index is 0.564. The molecule has 0 amide bonds. The maximum Gasteiger partial charge on any atom is 0.0474 e. The summed E-state index contributed by atoms with van der Waals surface area (Å²) in [6, 6.07) is 12.6. The van der Waals surface area contributed by atoms with E-state index in [0.717, 1.165) is 11.1 Å². The normalized spacial score (nSPS) is 10.4. The molecule has 0 spiro atoms. The molecule has 1 heteroatoms. The second kappa shape index (κ2) is 3.85. The van der Waals surface area contributed by atoms with E-state index in [1.165, 1.54) is 10.8 Å². The lowest BCUT2D eigenvalue weighted by Crippen LogP contribution is -1.79. The Labute approximate surface area is 88.8 Å². The Bertz CT molecular complexity index is 472. The average Bonchev–Trinajstić information content (AvgIpc) is 2.27. The highest BCUT2D eigenvalue weighted by atomic mass is 35.5. The molecule has 0 bridgehead atoms. The molecule has 0 aliphatic heterocycles. The number of fused-ring (bicyclic) bond motifs is 1. The largest absolute Gasteiger partial charge is 0.122 e. The molecule has 0 aromatic heterocycles. The molecule has 2 rings (SSSR count). The summed E-state index contributed by atoms with van der Waals surface area (Å²) in [5.41, 5.74) is 2.30. The Morgan fingerprint density at radius 1 is 1.07 bits per heavy atom. The first-order valence-corrected chi connectivity index (χ1v) is 5.08. The van der Waals surface area contributed by atoms with Crippen LogP contribution in [-0.2, 0) is 5.88 Å². The summed E-state index contributed by atoms with van der Waals surface area (Å²) in [5.74, 6) is 0.564. The molecule has 0 aliphatic rings. The Balaban J connectivity index is 2.65. The van der Waals surface area contributed by atoms with Crippen molar-refractivity contribution in [2.45, 2.75) is 5.88 Å². The molecule has 0 saturated carbocycles. The summed E-state index contributed by atoms with van der Waals surface area (Å²) in [7, 11) is 0. The van der Waals surface area contributed by atoms with Crippen molar-refractivity contribution >= 4 is 28.4 Å². The van der Waals surface area contributed by atoms with Crippen molar-refractivity contribution in [3.8, 4) is 0 Å². The van der Waals surface area contributed by atoms with Crippen LogP contribution in [0.1, 0.15) is 11.1 Å². The summed E-state index contributed by atoms with van der Waals surface area (Å²) in [5, 5.41) is 2.46.